The molecule has 16 bridgehead atoms. The zero-order valence-electron chi connectivity index (χ0n) is 65.3. The third-order valence-electron chi connectivity index (χ3n) is 21.5. The van der Waals surface area contributed by atoms with E-state index >= 15 is 0 Å². The van der Waals surface area contributed by atoms with Crippen molar-refractivity contribution in [1.82, 2.24) is 74.8 Å². The molecule has 0 spiro atoms. The number of aldehydes is 1. The van der Waals surface area contributed by atoms with Crippen molar-refractivity contribution in [3.63, 3.8) is 0 Å². The van der Waals surface area contributed by atoms with Crippen LogP contribution in [0.4, 0.5) is 0 Å². The topological polar surface area (TPSA) is 228 Å². The number of H-pyrrole nitrogens is 6. The van der Waals surface area contributed by atoms with Crippen LogP contribution in [-0.4, -0.2) is 81.0 Å². The van der Waals surface area contributed by atoms with Crippen LogP contribution >= 0.6 is 0 Å². The maximum Gasteiger partial charge on any atom is 0.150 e. The van der Waals surface area contributed by atoms with Gasteiger partial charge in [-0.1, -0.05) is 152 Å². The first-order chi connectivity index (χ1) is 60.0. The van der Waals surface area contributed by atoms with Gasteiger partial charge in [0.2, 0.25) is 0 Å². The first-order valence-corrected chi connectivity index (χ1v) is 39.8. The minimum absolute atomic E-state index is 0.211. The molecule has 0 radical (unpaired) electrons. The van der Waals surface area contributed by atoms with E-state index in [1.807, 2.05) is 190 Å². The van der Waals surface area contributed by atoms with Gasteiger partial charge in [0.05, 0.1) is 51.5 Å². The molecule has 18 aromatic rings. The van der Waals surface area contributed by atoms with Crippen molar-refractivity contribution in [2.24, 2.45) is 0 Å². The number of fused-ring (bicyclic) bond motifs is 16. The molecule has 0 saturated carbocycles. The van der Waals surface area contributed by atoms with Crippen LogP contribution in [0.3, 0.4) is 0 Å². The molecule has 16 nitrogen and oxygen atoms in total. The fraction of sp³-hybridized carbons (Fsp3) is 0.00952. The molecule has 0 fully saturated rings. The molecule has 121 heavy (non-hydrogen) atoms. The van der Waals surface area contributed by atoms with Gasteiger partial charge in [-0.15, -0.1) is 0 Å². The Kier molecular flexibility index (Phi) is 21.1. The Hall–Kier alpha value is -16.7. The predicted octanol–water partition coefficient (Wildman–Crippen LogP) is 24.6. The van der Waals surface area contributed by atoms with E-state index in [0.717, 1.165) is 191 Å². The zero-order valence-corrected chi connectivity index (χ0v) is 65.3. The van der Waals surface area contributed by atoms with Crippen LogP contribution in [0.1, 0.15) is 78.8 Å². The molecule has 22 rings (SSSR count). The van der Waals surface area contributed by atoms with Gasteiger partial charge in [-0.2, -0.15) is 0 Å². The van der Waals surface area contributed by atoms with Crippen LogP contribution in [-0.2, 0) is 0 Å². The first-order valence-electron chi connectivity index (χ1n) is 39.8. The van der Waals surface area contributed by atoms with Gasteiger partial charge < -0.3 is 29.9 Å². The van der Waals surface area contributed by atoms with Gasteiger partial charge in [0.25, 0.3) is 0 Å². The average molecular weight is 1560 g/mol. The van der Waals surface area contributed by atoms with Crippen LogP contribution in [0.2, 0.25) is 0 Å². The number of carbonyl (C=O) groups excluding carboxylic acids is 1. The molecule has 17 heterocycles. The highest BCUT2D eigenvalue weighted by atomic mass is 16.1. The molecule has 4 aliphatic heterocycles. The molecule has 0 amide bonds. The van der Waals surface area contributed by atoms with Crippen molar-refractivity contribution in [3.8, 4) is 89.0 Å². The number of rotatable bonds is 12. The van der Waals surface area contributed by atoms with E-state index in [4.69, 9.17) is 19.9 Å². The van der Waals surface area contributed by atoms with Crippen LogP contribution in [0.25, 0.3) is 182 Å². The van der Waals surface area contributed by atoms with Gasteiger partial charge in [0, 0.05) is 180 Å². The van der Waals surface area contributed by atoms with Gasteiger partial charge in [0.1, 0.15) is 6.29 Å². The lowest BCUT2D eigenvalue weighted by atomic mass is 9.93. The second-order valence-corrected chi connectivity index (χ2v) is 28.9. The Morgan fingerprint density at radius 3 is 0.620 bits per heavy atom. The fourth-order valence-electron chi connectivity index (χ4n) is 16.0. The van der Waals surface area contributed by atoms with Gasteiger partial charge in [-0.25, -0.2) is 19.9 Å². The number of pyridine rings is 5. The number of nitrogens with one attached hydrogen (secondary N) is 6. The molecule has 0 saturated heterocycles. The fourth-order valence-corrected chi connectivity index (χ4v) is 16.0. The molecule has 16 heteroatoms. The summed E-state index contributed by atoms with van der Waals surface area (Å²) >= 11 is 0. The second kappa shape index (κ2) is 34.4. The van der Waals surface area contributed by atoms with Crippen molar-refractivity contribution in [2.45, 2.75) is 5.92 Å². The first kappa shape index (κ1) is 74.4. The summed E-state index contributed by atoms with van der Waals surface area (Å²) in [4.78, 5) is 74.2. The van der Waals surface area contributed by atoms with Crippen LogP contribution in [0, 0.1) is 0 Å². The molecule has 0 aliphatic carbocycles. The standard InChI is InChI=1S/2C42H28N6.C14H13N3.C7H6O/c2*1-3-7-27(8-4-1)39-31-11-15-35(45-31)41(29-19-23-43-24-20-29)37-17-13-33(47-37)40(28-9-5-2-6-10-28)34-14-18-38(48-34)42(30-21-25-44-26-22-30)36-16-12-32(39)46-36;1-3-12(16-7-1)14(13-4-2-8-17-13)11-5-9-15-10-6-11;8-6-7-4-2-1-3-5-7/h2*1-26,45,48H;1-10,14,16-17H;1-6H. The molecule has 0 atom stereocenters. The average Bonchev–Trinajstić information content (AvgIpc) is 1.62. The molecule has 0 unspecified atom stereocenters. The summed E-state index contributed by atoms with van der Waals surface area (Å²) in [5, 5.41) is 0. The number of hydrogen-bond acceptors (Lipinski definition) is 10. The van der Waals surface area contributed by atoms with Crippen molar-refractivity contribution < 1.29 is 4.79 Å². The number of aromatic amines is 6. The Labute approximate surface area is 696 Å². The third-order valence-corrected chi connectivity index (χ3v) is 21.5. The highest BCUT2D eigenvalue weighted by Gasteiger charge is 2.24. The summed E-state index contributed by atoms with van der Waals surface area (Å²) in [6, 6.07) is 96.5. The molecule has 13 aromatic heterocycles. The second-order valence-electron chi connectivity index (χ2n) is 28.9. The Bertz CT molecular complexity index is 6120. The molecule has 4 aliphatic rings. The van der Waals surface area contributed by atoms with Crippen molar-refractivity contribution in [1.29, 1.82) is 0 Å². The van der Waals surface area contributed by atoms with E-state index < -0.39 is 0 Å². The van der Waals surface area contributed by atoms with Crippen molar-refractivity contribution in [2.75, 3.05) is 0 Å². The maximum absolute atomic E-state index is 10.0. The summed E-state index contributed by atoms with van der Waals surface area (Å²) in [5.41, 5.74) is 35.5. The van der Waals surface area contributed by atoms with E-state index in [1.54, 1.807) is 12.1 Å². The van der Waals surface area contributed by atoms with Crippen molar-refractivity contribution in [3.05, 3.63) is 428 Å². The maximum atomic E-state index is 10.0. The van der Waals surface area contributed by atoms with Crippen LogP contribution in [0.5, 0.6) is 0 Å². The summed E-state index contributed by atoms with van der Waals surface area (Å²) < 4.78 is 0. The summed E-state index contributed by atoms with van der Waals surface area (Å²) in [5.74, 6) is 0.211. The minimum Gasteiger partial charge on any atom is -0.364 e. The number of benzene rings is 5. The van der Waals surface area contributed by atoms with Gasteiger partial charge in [0.15, 0.2) is 0 Å². The van der Waals surface area contributed by atoms with Crippen LogP contribution in [0.15, 0.2) is 359 Å². The Balaban J connectivity index is 0.000000124. The zero-order chi connectivity index (χ0) is 81.1. The molecule has 6 N–H and O–H groups in total. The lowest BCUT2D eigenvalue weighted by Gasteiger charge is -2.14. The number of hydrogen-bond donors (Lipinski definition) is 6. The highest BCUT2D eigenvalue weighted by Crippen LogP contribution is 2.42. The largest absolute Gasteiger partial charge is 0.364 e. The summed E-state index contributed by atoms with van der Waals surface area (Å²) in [6.45, 7) is 0. The van der Waals surface area contributed by atoms with E-state index in [9.17, 15) is 4.79 Å². The Morgan fingerprint density at radius 2 is 0.421 bits per heavy atom. The third kappa shape index (κ3) is 15.8. The molecule has 576 valence electrons. The van der Waals surface area contributed by atoms with E-state index in [1.165, 1.54) is 17.0 Å². The predicted molar refractivity (Wildman–Crippen MR) is 491 cm³/mol. The lowest BCUT2D eigenvalue weighted by Crippen LogP contribution is -2.04. The quantitative estimate of drug-likeness (QED) is 0.0634. The smallest absolute Gasteiger partial charge is 0.150 e. The summed E-state index contributed by atoms with van der Waals surface area (Å²) in [6.07, 6.45) is 39.9. The molecular weight excluding hydrogens is 1490 g/mol. The lowest BCUT2D eigenvalue weighted by molar-refractivity contribution is 0.112. The minimum atomic E-state index is 0.211. The van der Waals surface area contributed by atoms with Crippen LogP contribution < -0.4 is 0 Å². The highest BCUT2D eigenvalue weighted by molar-refractivity contribution is 6.03. The summed E-state index contributed by atoms with van der Waals surface area (Å²) in [7, 11) is 0. The SMILES string of the molecule is C1=Cc2nc1c(-c1ccccc1)c1ccc([nH]1)c(-c1ccncc1)c1nc(c(-c3ccccc3)c3ccc([nH]3)c2-c2ccncc2)C=C1.C1=Cc2nc1c(-c1ccccc1)c1ccc([nH]1)c(-c1ccncc1)c1nc(c(-c3ccccc3)c3ccc([nH]3)c2-c2ccncc2)C=C1.O=Cc1ccccc1.c1c[nH]c(C(c2ccncc2)c2ccc[nH]2)c1. The van der Waals surface area contributed by atoms with Gasteiger partial charge >= 0.3 is 0 Å². The van der Waals surface area contributed by atoms with Crippen molar-refractivity contribution >= 4 is 99.0 Å². The van der Waals surface area contributed by atoms with E-state index in [-0.39, 0.29) is 5.92 Å². The molecule has 5 aromatic carbocycles. The van der Waals surface area contributed by atoms with E-state index in [0.29, 0.717) is 0 Å². The molecular formula is C105H75N15O. The number of carbonyl (C=O) groups is 1. The Morgan fingerprint density at radius 1 is 0.215 bits per heavy atom. The number of nitrogens with zero attached hydrogens (tertiary/aromatic N) is 9. The monoisotopic (exact) mass is 1560 g/mol. The van der Waals surface area contributed by atoms with Gasteiger partial charge in [-0.3, -0.25) is 29.7 Å². The normalized spacial score (nSPS) is 11.6. The van der Waals surface area contributed by atoms with Gasteiger partial charge in [-0.05, 0) is 232 Å². The number of aromatic nitrogens is 15. The van der Waals surface area contributed by atoms with E-state index in [2.05, 4.69) is 261 Å².